The van der Waals surface area contributed by atoms with Crippen LogP contribution in [0.1, 0.15) is 23.7 Å². The number of carbonyl (C=O) groups excluding carboxylic acids is 1. The molecule has 0 saturated carbocycles. The molecule has 0 amide bonds. The van der Waals surface area contributed by atoms with E-state index >= 15 is 0 Å². The maximum Gasteiger partial charge on any atom is 0.337 e. The summed E-state index contributed by atoms with van der Waals surface area (Å²) in [5, 5.41) is 0.581. The molecule has 0 bridgehead atoms. The van der Waals surface area contributed by atoms with Crippen LogP contribution < -0.4 is 4.74 Å². The summed E-state index contributed by atoms with van der Waals surface area (Å²) in [6, 6.07) is 12.9. The molecule has 3 nitrogen and oxygen atoms in total. The van der Waals surface area contributed by atoms with E-state index in [9.17, 15) is 4.79 Å². The molecule has 0 spiro atoms. The quantitative estimate of drug-likeness (QED) is 0.758. The van der Waals surface area contributed by atoms with Gasteiger partial charge in [-0.3, -0.25) is 0 Å². The molecule has 0 aliphatic heterocycles. The first kappa shape index (κ1) is 15.4. The summed E-state index contributed by atoms with van der Waals surface area (Å²) in [6.45, 7) is 2.69. The van der Waals surface area contributed by atoms with Gasteiger partial charge in [-0.05, 0) is 41.8 Å². The van der Waals surface area contributed by atoms with E-state index in [0.717, 1.165) is 17.5 Å². The highest BCUT2D eigenvalue weighted by Gasteiger charge is 2.07. The van der Waals surface area contributed by atoms with Crippen LogP contribution in [0.15, 0.2) is 42.5 Å². The van der Waals surface area contributed by atoms with Crippen LogP contribution in [0.2, 0.25) is 5.02 Å². The topological polar surface area (TPSA) is 35.5 Å². The van der Waals surface area contributed by atoms with Crippen LogP contribution in [0.25, 0.3) is 11.1 Å². The Labute approximate surface area is 129 Å². The van der Waals surface area contributed by atoms with E-state index in [0.29, 0.717) is 22.9 Å². The number of benzene rings is 2. The van der Waals surface area contributed by atoms with E-state index in [1.165, 1.54) is 7.11 Å². The third kappa shape index (κ3) is 3.76. The van der Waals surface area contributed by atoms with Gasteiger partial charge in [0.25, 0.3) is 0 Å². The third-order valence-corrected chi connectivity index (χ3v) is 3.33. The van der Waals surface area contributed by atoms with Crippen molar-refractivity contribution in [3.05, 3.63) is 53.1 Å². The molecular weight excluding hydrogens is 288 g/mol. The zero-order chi connectivity index (χ0) is 15.2. The van der Waals surface area contributed by atoms with Crippen LogP contribution in [0, 0.1) is 0 Å². The van der Waals surface area contributed by atoms with E-state index < -0.39 is 0 Å². The Kier molecular flexibility index (Phi) is 5.23. The van der Waals surface area contributed by atoms with E-state index in [4.69, 9.17) is 16.3 Å². The van der Waals surface area contributed by atoms with Crippen molar-refractivity contribution in [2.75, 3.05) is 13.7 Å². The highest BCUT2D eigenvalue weighted by atomic mass is 35.5. The predicted octanol–water partition coefficient (Wildman–Crippen LogP) is 4.58. The second-order valence-electron chi connectivity index (χ2n) is 4.56. The molecule has 0 atom stereocenters. The molecule has 4 heteroatoms. The third-order valence-electron chi connectivity index (χ3n) is 3.03. The molecule has 0 aliphatic carbocycles. The number of carbonyl (C=O) groups is 1. The molecule has 21 heavy (non-hydrogen) atoms. The zero-order valence-corrected chi connectivity index (χ0v) is 12.8. The first-order chi connectivity index (χ1) is 10.2. The van der Waals surface area contributed by atoms with Gasteiger partial charge in [0.2, 0.25) is 0 Å². The standard InChI is InChI=1S/C17H17ClO3/c1-3-10-21-16-9-8-14(11-15(16)18)12-4-6-13(7-5-12)17(19)20-2/h4-9,11H,3,10H2,1-2H3. The van der Waals surface area contributed by atoms with Gasteiger partial charge in [0.15, 0.2) is 0 Å². The summed E-state index contributed by atoms with van der Waals surface area (Å²) in [5.74, 6) is 0.344. The maximum atomic E-state index is 11.4. The minimum absolute atomic E-state index is 0.345. The molecule has 2 aromatic carbocycles. The van der Waals surface area contributed by atoms with Gasteiger partial charge in [0.1, 0.15) is 5.75 Å². The Morgan fingerprint density at radius 2 is 1.76 bits per heavy atom. The van der Waals surface area contributed by atoms with E-state index in [1.54, 1.807) is 12.1 Å². The number of hydrogen-bond donors (Lipinski definition) is 0. The Morgan fingerprint density at radius 1 is 1.10 bits per heavy atom. The maximum absolute atomic E-state index is 11.4. The van der Waals surface area contributed by atoms with E-state index in [2.05, 4.69) is 4.74 Å². The first-order valence-electron chi connectivity index (χ1n) is 6.76. The summed E-state index contributed by atoms with van der Waals surface area (Å²) in [4.78, 5) is 11.4. The second kappa shape index (κ2) is 7.14. The fraction of sp³-hybridized carbons (Fsp3) is 0.235. The minimum atomic E-state index is -0.345. The molecule has 110 valence electrons. The van der Waals surface area contributed by atoms with Crippen LogP contribution in [-0.2, 0) is 4.74 Å². The van der Waals surface area contributed by atoms with Gasteiger partial charge in [-0.15, -0.1) is 0 Å². The van der Waals surface area contributed by atoms with Gasteiger partial charge in [0, 0.05) is 0 Å². The predicted molar refractivity (Wildman–Crippen MR) is 84.0 cm³/mol. The Hall–Kier alpha value is -2.00. The molecule has 0 aromatic heterocycles. The van der Waals surface area contributed by atoms with Crippen molar-refractivity contribution in [3.63, 3.8) is 0 Å². The van der Waals surface area contributed by atoms with Crippen molar-refractivity contribution in [3.8, 4) is 16.9 Å². The van der Waals surface area contributed by atoms with Crippen molar-refractivity contribution < 1.29 is 14.3 Å². The van der Waals surface area contributed by atoms with Crippen LogP contribution in [0.5, 0.6) is 5.75 Å². The van der Waals surface area contributed by atoms with Crippen molar-refractivity contribution in [2.24, 2.45) is 0 Å². The van der Waals surface area contributed by atoms with Gasteiger partial charge in [0.05, 0.1) is 24.3 Å². The van der Waals surface area contributed by atoms with Crippen LogP contribution >= 0.6 is 11.6 Å². The molecule has 0 unspecified atom stereocenters. The number of halogens is 1. The molecule has 2 aromatic rings. The lowest BCUT2D eigenvalue weighted by Crippen LogP contribution is -2.00. The van der Waals surface area contributed by atoms with Gasteiger partial charge in [-0.25, -0.2) is 4.79 Å². The van der Waals surface area contributed by atoms with Crippen molar-refractivity contribution in [2.45, 2.75) is 13.3 Å². The molecular formula is C17H17ClO3. The number of hydrogen-bond acceptors (Lipinski definition) is 3. The fourth-order valence-electron chi connectivity index (χ4n) is 1.93. The molecule has 2 rings (SSSR count). The van der Waals surface area contributed by atoms with Gasteiger partial charge < -0.3 is 9.47 Å². The zero-order valence-electron chi connectivity index (χ0n) is 12.1. The van der Waals surface area contributed by atoms with Crippen LogP contribution in [0.4, 0.5) is 0 Å². The second-order valence-corrected chi connectivity index (χ2v) is 4.97. The molecule has 0 fully saturated rings. The van der Waals surface area contributed by atoms with Crippen molar-refractivity contribution in [1.29, 1.82) is 0 Å². The summed E-state index contributed by atoms with van der Waals surface area (Å²) in [7, 11) is 1.37. The summed E-state index contributed by atoms with van der Waals surface area (Å²) in [6.07, 6.45) is 0.938. The summed E-state index contributed by atoms with van der Waals surface area (Å²) < 4.78 is 10.2. The van der Waals surface area contributed by atoms with Gasteiger partial charge in [-0.2, -0.15) is 0 Å². The van der Waals surface area contributed by atoms with Crippen molar-refractivity contribution in [1.82, 2.24) is 0 Å². The summed E-state index contributed by atoms with van der Waals surface area (Å²) >= 11 is 6.22. The number of methoxy groups -OCH3 is 1. The largest absolute Gasteiger partial charge is 0.492 e. The average Bonchev–Trinajstić information content (AvgIpc) is 2.53. The average molecular weight is 305 g/mol. The van der Waals surface area contributed by atoms with Gasteiger partial charge in [-0.1, -0.05) is 36.7 Å². The lowest BCUT2D eigenvalue weighted by atomic mass is 10.0. The molecule has 0 heterocycles. The smallest absolute Gasteiger partial charge is 0.337 e. The first-order valence-corrected chi connectivity index (χ1v) is 7.14. The molecule has 0 N–H and O–H groups in total. The normalized spacial score (nSPS) is 10.2. The van der Waals surface area contributed by atoms with Gasteiger partial charge >= 0.3 is 5.97 Å². The fourth-order valence-corrected chi connectivity index (χ4v) is 2.16. The number of esters is 1. The molecule has 0 aliphatic rings. The molecule has 0 saturated heterocycles. The SMILES string of the molecule is CCCOc1ccc(-c2ccc(C(=O)OC)cc2)cc1Cl. The lowest BCUT2D eigenvalue weighted by molar-refractivity contribution is 0.0601. The number of rotatable bonds is 5. The van der Waals surface area contributed by atoms with Crippen molar-refractivity contribution >= 4 is 17.6 Å². The monoisotopic (exact) mass is 304 g/mol. The lowest BCUT2D eigenvalue weighted by Gasteiger charge is -2.09. The number of ether oxygens (including phenoxy) is 2. The molecule has 0 radical (unpaired) electrons. The van der Waals surface area contributed by atoms with Crippen LogP contribution in [-0.4, -0.2) is 19.7 Å². The highest BCUT2D eigenvalue weighted by molar-refractivity contribution is 6.32. The Bertz CT molecular complexity index is 620. The van der Waals surface area contributed by atoms with E-state index in [-0.39, 0.29) is 5.97 Å². The minimum Gasteiger partial charge on any atom is -0.492 e. The summed E-state index contributed by atoms with van der Waals surface area (Å²) in [5.41, 5.74) is 2.47. The highest BCUT2D eigenvalue weighted by Crippen LogP contribution is 2.30. The Morgan fingerprint density at radius 3 is 2.33 bits per heavy atom. The van der Waals surface area contributed by atoms with Crippen LogP contribution in [0.3, 0.4) is 0 Å². The Balaban J connectivity index is 2.22. The van der Waals surface area contributed by atoms with E-state index in [1.807, 2.05) is 37.3 Å².